The van der Waals surface area contributed by atoms with Gasteiger partial charge in [0.15, 0.2) is 5.78 Å². The number of aryl methyl sites for hydroxylation is 1. The zero-order chi connectivity index (χ0) is 21.2. The number of hydrogen-bond acceptors (Lipinski definition) is 4. The number of anilines is 1. The van der Waals surface area contributed by atoms with Crippen molar-refractivity contribution in [2.45, 2.75) is 32.6 Å². The van der Waals surface area contributed by atoms with Gasteiger partial charge in [0.2, 0.25) is 11.8 Å². The highest BCUT2D eigenvalue weighted by Gasteiger charge is 2.10. The Labute approximate surface area is 169 Å². The van der Waals surface area contributed by atoms with Crippen LogP contribution in [-0.4, -0.2) is 35.2 Å². The van der Waals surface area contributed by atoms with E-state index in [1.54, 1.807) is 36.4 Å². The molecule has 2 aromatic rings. The third-order valence-corrected chi connectivity index (χ3v) is 4.30. The molecule has 7 heteroatoms. The minimum Gasteiger partial charge on any atom is -0.480 e. The van der Waals surface area contributed by atoms with Gasteiger partial charge in [0.25, 0.3) is 0 Å². The van der Waals surface area contributed by atoms with E-state index in [0.717, 1.165) is 12.0 Å². The summed E-state index contributed by atoms with van der Waals surface area (Å²) in [6.07, 6.45) is 1.16. The van der Waals surface area contributed by atoms with E-state index in [1.807, 2.05) is 19.1 Å². The summed E-state index contributed by atoms with van der Waals surface area (Å²) in [4.78, 5) is 46.3. The van der Waals surface area contributed by atoms with Crippen molar-refractivity contribution in [3.05, 3.63) is 65.2 Å². The molecule has 0 radical (unpaired) electrons. The Kier molecular flexibility index (Phi) is 8.09. The molecule has 2 amide bonds. The molecule has 0 atom stereocenters. The average Bonchev–Trinajstić information content (AvgIpc) is 2.72. The zero-order valence-electron chi connectivity index (χ0n) is 16.2. The smallest absolute Gasteiger partial charge is 0.322 e. The van der Waals surface area contributed by atoms with Crippen molar-refractivity contribution in [2.24, 2.45) is 0 Å². The second kappa shape index (κ2) is 10.8. The van der Waals surface area contributed by atoms with E-state index < -0.39 is 18.4 Å². The van der Waals surface area contributed by atoms with E-state index in [-0.39, 0.29) is 31.0 Å². The van der Waals surface area contributed by atoms with E-state index in [4.69, 9.17) is 5.11 Å². The Morgan fingerprint density at radius 2 is 1.45 bits per heavy atom. The molecule has 0 bridgehead atoms. The van der Waals surface area contributed by atoms with Gasteiger partial charge in [-0.05, 0) is 29.7 Å². The van der Waals surface area contributed by atoms with Gasteiger partial charge in [-0.3, -0.25) is 19.2 Å². The van der Waals surface area contributed by atoms with Crippen LogP contribution in [0.1, 0.15) is 41.3 Å². The first-order chi connectivity index (χ1) is 13.9. The highest BCUT2D eigenvalue weighted by atomic mass is 16.4. The van der Waals surface area contributed by atoms with Crippen LogP contribution in [0.3, 0.4) is 0 Å². The summed E-state index contributed by atoms with van der Waals surface area (Å²) in [5.74, 6) is -1.84. The summed E-state index contributed by atoms with van der Waals surface area (Å²) in [6.45, 7) is 1.62. The monoisotopic (exact) mass is 396 g/mol. The maximum Gasteiger partial charge on any atom is 0.322 e. The Morgan fingerprint density at radius 3 is 2.03 bits per heavy atom. The number of aliphatic carboxylic acids is 1. The lowest BCUT2D eigenvalue weighted by Gasteiger charge is -2.07. The van der Waals surface area contributed by atoms with Crippen molar-refractivity contribution in [2.75, 3.05) is 11.9 Å². The Hall–Kier alpha value is -3.48. The number of carbonyl (C=O) groups excluding carboxylic acids is 3. The molecule has 0 heterocycles. The number of carboxylic acids is 1. The van der Waals surface area contributed by atoms with Crippen LogP contribution in [0.2, 0.25) is 0 Å². The molecule has 0 spiro atoms. The number of benzene rings is 2. The minimum absolute atomic E-state index is 0.0484. The van der Waals surface area contributed by atoms with Crippen LogP contribution in [0.4, 0.5) is 5.69 Å². The Morgan fingerprint density at radius 1 is 0.828 bits per heavy atom. The summed E-state index contributed by atoms with van der Waals surface area (Å²) in [5, 5.41) is 13.5. The number of nitrogens with one attached hydrogen (secondary N) is 2. The minimum atomic E-state index is -1.10. The predicted molar refractivity (Wildman–Crippen MR) is 109 cm³/mol. The van der Waals surface area contributed by atoms with Crippen molar-refractivity contribution in [1.29, 1.82) is 0 Å². The van der Waals surface area contributed by atoms with E-state index in [9.17, 15) is 19.2 Å². The normalized spacial score (nSPS) is 10.2. The SMILES string of the molecule is CCc1ccc(C(=O)CCC(=O)Nc2ccc(CC(=O)NCC(=O)O)cc2)cc1. The number of Topliss-reactive ketones (excluding diaryl/α,β-unsaturated/α-hetero) is 1. The van der Waals surface area contributed by atoms with Gasteiger partial charge in [-0.1, -0.05) is 43.3 Å². The van der Waals surface area contributed by atoms with Crippen LogP contribution < -0.4 is 10.6 Å². The van der Waals surface area contributed by atoms with Crippen LogP contribution in [0.15, 0.2) is 48.5 Å². The fraction of sp³-hybridized carbons (Fsp3) is 0.273. The third-order valence-electron chi connectivity index (χ3n) is 4.30. The lowest BCUT2D eigenvalue weighted by Crippen LogP contribution is -2.30. The van der Waals surface area contributed by atoms with Crippen molar-refractivity contribution in [3.63, 3.8) is 0 Å². The molecule has 3 N–H and O–H groups in total. The fourth-order valence-corrected chi connectivity index (χ4v) is 2.65. The molecule has 7 nitrogen and oxygen atoms in total. The van der Waals surface area contributed by atoms with Gasteiger partial charge in [-0.2, -0.15) is 0 Å². The van der Waals surface area contributed by atoms with Crippen LogP contribution in [0.5, 0.6) is 0 Å². The van der Waals surface area contributed by atoms with E-state index in [1.165, 1.54) is 0 Å². The summed E-state index contributed by atoms with van der Waals surface area (Å²) in [7, 11) is 0. The molecule has 2 rings (SSSR count). The molecule has 0 aromatic heterocycles. The lowest BCUT2D eigenvalue weighted by molar-refractivity contribution is -0.137. The van der Waals surface area contributed by atoms with Crippen molar-refractivity contribution in [1.82, 2.24) is 5.32 Å². The van der Waals surface area contributed by atoms with Gasteiger partial charge < -0.3 is 15.7 Å². The van der Waals surface area contributed by atoms with Gasteiger partial charge in [0.05, 0.1) is 6.42 Å². The van der Waals surface area contributed by atoms with Crippen LogP contribution in [0.25, 0.3) is 0 Å². The van der Waals surface area contributed by atoms with E-state index in [0.29, 0.717) is 16.8 Å². The molecular weight excluding hydrogens is 372 g/mol. The lowest BCUT2D eigenvalue weighted by atomic mass is 10.0. The van der Waals surface area contributed by atoms with Gasteiger partial charge in [-0.15, -0.1) is 0 Å². The molecule has 0 aliphatic carbocycles. The van der Waals surface area contributed by atoms with E-state index >= 15 is 0 Å². The standard InChI is InChI=1S/C22H24N2O5/c1-2-15-3-7-17(8-4-15)19(25)11-12-20(26)24-18-9-5-16(6-10-18)13-21(27)23-14-22(28)29/h3-10H,2,11-14H2,1H3,(H,23,27)(H,24,26)(H,28,29). The largest absolute Gasteiger partial charge is 0.480 e. The summed E-state index contributed by atoms with van der Waals surface area (Å²) >= 11 is 0. The molecule has 152 valence electrons. The first-order valence-corrected chi connectivity index (χ1v) is 9.36. The van der Waals surface area contributed by atoms with Crippen LogP contribution >= 0.6 is 0 Å². The van der Waals surface area contributed by atoms with Crippen LogP contribution in [-0.2, 0) is 27.2 Å². The number of rotatable bonds is 10. The van der Waals surface area contributed by atoms with Gasteiger partial charge in [-0.25, -0.2) is 0 Å². The third kappa shape index (κ3) is 7.57. The summed E-state index contributed by atoms with van der Waals surface area (Å²) in [6, 6.07) is 14.1. The second-order valence-corrected chi connectivity index (χ2v) is 6.57. The number of amides is 2. The number of carboxylic acid groups (broad SMARTS) is 1. The Bertz CT molecular complexity index is 873. The van der Waals surface area contributed by atoms with Gasteiger partial charge in [0, 0.05) is 24.1 Å². The molecule has 0 fully saturated rings. The maximum atomic E-state index is 12.2. The predicted octanol–water partition coefficient (Wildman–Crippen LogP) is 2.59. The molecule has 0 unspecified atom stereocenters. The van der Waals surface area contributed by atoms with Crippen molar-refractivity contribution in [3.8, 4) is 0 Å². The first kappa shape index (κ1) is 21.8. The second-order valence-electron chi connectivity index (χ2n) is 6.57. The average molecular weight is 396 g/mol. The molecule has 0 saturated heterocycles. The zero-order valence-corrected chi connectivity index (χ0v) is 16.2. The topological polar surface area (TPSA) is 113 Å². The number of hydrogen-bond donors (Lipinski definition) is 3. The summed E-state index contributed by atoms with van der Waals surface area (Å²) in [5.41, 5.74) is 3.00. The first-order valence-electron chi connectivity index (χ1n) is 9.36. The molecule has 2 aromatic carbocycles. The highest BCUT2D eigenvalue weighted by Crippen LogP contribution is 2.12. The molecular formula is C22H24N2O5. The molecule has 0 aliphatic heterocycles. The molecule has 0 aliphatic rings. The maximum absolute atomic E-state index is 12.2. The highest BCUT2D eigenvalue weighted by molar-refractivity contribution is 6.00. The summed E-state index contributed by atoms with van der Waals surface area (Å²) < 4.78 is 0. The molecule has 0 saturated carbocycles. The quantitative estimate of drug-likeness (QED) is 0.534. The van der Waals surface area contributed by atoms with Gasteiger partial charge in [0.1, 0.15) is 6.54 Å². The van der Waals surface area contributed by atoms with Crippen LogP contribution in [0, 0.1) is 0 Å². The van der Waals surface area contributed by atoms with Gasteiger partial charge >= 0.3 is 5.97 Å². The molecule has 29 heavy (non-hydrogen) atoms. The van der Waals surface area contributed by atoms with Crippen molar-refractivity contribution >= 4 is 29.3 Å². The number of carbonyl (C=O) groups is 4. The number of ketones is 1. The Balaban J connectivity index is 1.78. The fourth-order valence-electron chi connectivity index (χ4n) is 2.65. The van der Waals surface area contributed by atoms with E-state index in [2.05, 4.69) is 10.6 Å². The van der Waals surface area contributed by atoms with Crippen molar-refractivity contribution < 1.29 is 24.3 Å².